The number of piperazine rings is 1. The van der Waals surface area contributed by atoms with Crippen LogP contribution in [0.3, 0.4) is 0 Å². The van der Waals surface area contributed by atoms with Crippen molar-refractivity contribution >= 4 is 5.95 Å². The van der Waals surface area contributed by atoms with Gasteiger partial charge in [-0.15, -0.1) is 0 Å². The third-order valence-electron chi connectivity index (χ3n) is 4.41. The number of anilines is 1. The Balaban J connectivity index is 1.75. The van der Waals surface area contributed by atoms with Crippen LogP contribution in [0.5, 0.6) is 0 Å². The van der Waals surface area contributed by atoms with E-state index in [1.54, 1.807) is 0 Å². The number of fused-ring (bicyclic) bond motifs is 1. The number of aliphatic hydroxyl groups is 1. The molecule has 1 aliphatic heterocycles. The zero-order chi connectivity index (χ0) is 13.9. The standard InChI is InChI=1S/C14H22N4O2/c19-10-9-17-5-7-18(8-6-17)14-15-12-4-2-1-3-11(12)13(20)16-14/h19H,1-10H2,(H,15,16,20)/p+1. The van der Waals surface area contributed by atoms with Crippen LogP contribution in [0.15, 0.2) is 4.79 Å². The Labute approximate surface area is 118 Å². The summed E-state index contributed by atoms with van der Waals surface area (Å²) < 4.78 is 0. The van der Waals surface area contributed by atoms with Gasteiger partial charge in [0.2, 0.25) is 5.95 Å². The number of rotatable bonds is 3. The van der Waals surface area contributed by atoms with E-state index in [9.17, 15) is 4.79 Å². The van der Waals surface area contributed by atoms with Crippen molar-refractivity contribution in [1.29, 1.82) is 0 Å². The lowest BCUT2D eigenvalue weighted by Crippen LogP contribution is -3.15. The number of nitrogens with one attached hydrogen (secondary N) is 2. The minimum Gasteiger partial charge on any atom is -0.391 e. The second kappa shape index (κ2) is 5.93. The second-order valence-electron chi connectivity index (χ2n) is 5.73. The van der Waals surface area contributed by atoms with Crippen molar-refractivity contribution in [3.8, 4) is 0 Å². The van der Waals surface area contributed by atoms with E-state index in [2.05, 4.69) is 14.9 Å². The molecule has 2 aliphatic rings. The summed E-state index contributed by atoms with van der Waals surface area (Å²) >= 11 is 0. The Kier molecular flexibility index (Phi) is 4.03. The highest BCUT2D eigenvalue weighted by atomic mass is 16.3. The van der Waals surface area contributed by atoms with Crippen molar-refractivity contribution in [1.82, 2.24) is 9.97 Å². The van der Waals surface area contributed by atoms with Crippen molar-refractivity contribution in [2.75, 3.05) is 44.2 Å². The second-order valence-corrected chi connectivity index (χ2v) is 5.73. The quantitative estimate of drug-likeness (QED) is 0.620. The number of hydrogen-bond donors (Lipinski definition) is 3. The lowest BCUT2D eigenvalue weighted by atomic mass is 9.97. The molecule has 0 spiro atoms. The third-order valence-corrected chi connectivity index (χ3v) is 4.41. The van der Waals surface area contributed by atoms with Gasteiger partial charge in [0.1, 0.15) is 6.54 Å². The van der Waals surface area contributed by atoms with Gasteiger partial charge in [-0.3, -0.25) is 9.78 Å². The maximum atomic E-state index is 12.1. The van der Waals surface area contributed by atoms with Crippen LogP contribution in [0, 0.1) is 0 Å². The number of aromatic amines is 1. The zero-order valence-corrected chi connectivity index (χ0v) is 11.8. The maximum absolute atomic E-state index is 12.1. The molecule has 0 amide bonds. The Bertz CT molecular complexity index is 520. The fourth-order valence-corrected chi connectivity index (χ4v) is 3.18. The first-order chi connectivity index (χ1) is 9.78. The molecule has 3 rings (SSSR count). The van der Waals surface area contributed by atoms with E-state index >= 15 is 0 Å². The van der Waals surface area contributed by atoms with E-state index in [0.29, 0.717) is 0 Å². The van der Waals surface area contributed by atoms with E-state index in [0.717, 1.165) is 75.6 Å². The van der Waals surface area contributed by atoms with E-state index in [4.69, 9.17) is 5.11 Å². The molecule has 1 aliphatic carbocycles. The highest BCUT2D eigenvalue weighted by Crippen LogP contribution is 2.18. The van der Waals surface area contributed by atoms with Gasteiger partial charge in [-0.1, -0.05) is 0 Å². The Morgan fingerprint density at radius 2 is 2.00 bits per heavy atom. The molecule has 3 N–H and O–H groups in total. The molecule has 1 aromatic rings. The van der Waals surface area contributed by atoms with E-state index < -0.39 is 0 Å². The molecule has 110 valence electrons. The van der Waals surface area contributed by atoms with Crippen LogP contribution in [0.4, 0.5) is 5.95 Å². The predicted molar refractivity (Wildman–Crippen MR) is 76.4 cm³/mol. The fraction of sp³-hybridized carbons (Fsp3) is 0.714. The van der Waals surface area contributed by atoms with Crippen LogP contribution in [0.2, 0.25) is 0 Å². The first-order valence-corrected chi connectivity index (χ1v) is 7.59. The smallest absolute Gasteiger partial charge is 0.255 e. The normalized spacial score (nSPS) is 19.9. The van der Waals surface area contributed by atoms with Crippen molar-refractivity contribution in [2.45, 2.75) is 25.7 Å². The summed E-state index contributed by atoms with van der Waals surface area (Å²) in [6, 6.07) is 0. The number of aryl methyl sites for hydroxylation is 1. The first-order valence-electron chi connectivity index (χ1n) is 7.59. The number of nitrogens with zero attached hydrogens (tertiary/aromatic N) is 2. The molecule has 0 bridgehead atoms. The molecule has 1 aromatic heterocycles. The lowest BCUT2D eigenvalue weighted by molar-refractivity contribution is -0.900. The van der Waals surface area contributed by atoms with Crippen molar-refractivity contribution in [2.24, 2.45) is 0 Å². The van der Waals surface area contributed by atoms with Crippen LogP contribution in [0.25, 0.3) is 0 Å². The average molecular weight is 279 g/mol. The summed E-state index contributed by atoms with van der Waals surface area (Å²) in [6.07, 6.45) is 4.03. The molecule has 0 aromatic carbocycles. The summed E-state index contributed by atoms with van der Waals surface area (Å²) in [5.41, 5.74) is 1.94. The predicted octanol–water partition coefficient (Wildman–Crippen LogP) is -1.65. The van der Waals surface area contributed by atoms with Gasteiger partial charge in [0.05, 0.1) is 38.5 Å². The first kappa shape index (κ1) is 13.6. The number of aliphatic hydroxyl groups excluding tert-OH is 1. The topological polar surface area (TPSA) is 73.7 Å². The minimum atomic E-state index is 0.0508. The summed E-state index contributed by atoms with van der Waals surface area (Å²) in [5, 5.41) is 8.98. The molecule has 20 heavy (non-hydrogen) atoms. The Hall–Kier alpha value is -1.40. The monoisotopic (exact) mass is 279 g/mol. The van der Waals surface area contributed by atoms with Gasteiger partial charge in [-0.05, 0) is 25.7 Å². The van der Waals surface area contributed by atoms with Gasteiger partial charge in [-0.2, -0.15) is 0 Å². The van der Waals surface area contributed by atoms with Crippen molar-refractivity contribution < 1.29 is 10.0 Å². The highest BCUT2D eigenvalue weighted by Gasteiger charge is 2.23. The van der Waals surface area contributed by atoms with Gasteiger partial charge in [0.25, 0.3) is 5.56 Å². The van der Waals surface area contributed by atoms with E-state index in [-0.39, 0.29) is 12.2 Å². The molecule has 0 saturated carbocycles. The Morgan fingerprint density at radius 1 is 1.25 bits per heavy atom. The van der Waals surface area contributed by atoms with Gasteiger partial charge in [0.15, 0.2) is 0 Å². The number of H-pyrrole nitrogens is 1. The Morgan fingerprint density at radius 3 is 2.75 bits per heavy atom. The fourth-order valence-electron chi connectivity index (χ4n) is 3.18. The summed E-state index contributed by atoms with van der Waals surface area (Å²) in [5.74, 6) is 0.735. The van der Waals surface area contributed by atoms with Gasteiger partial charge >= 0.3 is 0 Å². The van der Waals surface area contributed by atoms with Crippen molar-refractivity contribution in [3.05, 3.63) is 21.6 Å². The molecule has 6 nitrogen and oxygen atoms in total. The number of hydrogen-bond acceptors (Lipinski definition) is 4. The molecule has 0 unspecified atom stereocenters. The number of aromatic nitrogens is 2. The SMILES string of the molecule is O=c1[nH]c(N2CC[NH+](CCO)CC2)nc2c1CCCC2. The van der Waals surface area contributed by atoms with Crippen molar-refractivity contribution in [3.63, 3.8) is 0 Å². The average Bonchev–Trinajstić information content (AvgIpc) is 2.48. The van der Waals surface area contributed by atoms with E-state index in [1.165, 1.54) is 4.90 Å². The molecule has 0 atom stereocenters. The molecular weight excluding hydrogens is 256 g/mol. The molecule has 1 fully saturated rings. The number of quaternary nitrogens is 1. The maximum Gasteiger partial charge on any atom is 0.255 e. The largest absolute Gasteiger partial charge is 0.391 e. The van der Waals surface area contributed by atoms with Gasteiger partial charge < -0.3 is 14.9 Å². The van der Waals surface area contributed by atoms with Gasteiger partial charge in [-0.25, -0.2) is 4.98 Å². The molecule has 0 radical (unpaired) electrons. The van der Waals surface area contributed by atoms with Gasteiger partial charge in [0, 0.05) is 5.56 Å². The van der Waals surface area contributed by atoms with Crippen LogP contribution in [0.1, 0.15) is 24.1 Å². The summed E-state index contributed by atoms with van der Waals surface area (Å²) in [6.45, 7) is 4.79. The third kappa shape index (κ3) is 2.71. The van der Waals surface area contributed by atoms with Crippen LogP contribution >= 0.6 is 0 Å². The molecule has 2 heterocycles. The summed E-state index contributed by atoms with van der Waals surface area (Å²) in [7, 11) is 0. The van der Waals surface area contributed by atoms with E-state index in [1.807, 2.05) is 0 Å². The van der Waals surface area contributed by atoms with Crippen LogP contribution < -0.4 is 15.4 Å². The zero-order valence-electron chi connectivity index (χ0n) is 11.8. The van der Waals surface area contributed by atoms with Crippen LogP contribution in [-0.2, 0) is 12.8 Å². The lowest BCUT2D eigenvalue weighted by Gasteiger charge is -2.32. The van der Waals surface area contributed by atoms with Crippen LogP contribution in [-0.4, -0.2) is 54.4 Å². The summed E-state index contributed by atoms with van der Waals surface area (Å²) in [4.78, 5) is 23.4. The molecule has 1 saturated heterocycles. The molecule has 6 heteroatoms. The minimum absolute atomic E-state index is 0.0508. The molecular formula is C14H23N4O2+. The highest BCUT2D eigenvalue weighted by molar-refractivity contribution is 5.34.